The first-order valence-corrected chi connectivity index (χ1v) is 12.1. The Morgan fingerprint density at radius 1 is 1.08 bits per heavy atom. The number of hydrogen-bond acceptors (Lipinski definition) is 3. The molecule has 0 aromatic rings. The monoisotopic (exact) mass is 223 g/mol. The van der Waals surface area contributed by atoms with E-state index in [1.807, 2.05) is 13.1 Å². The highest BCUT2D eigenvalue weighted by molar-refractivity contribution is 6.81. The average molecular weight is 223 g/mol. The summed E-state index contributed by atoms with van der Waals surface area (Å²) in [5.41, 5.74) is 0. The van der Waals surface area contributed by atoms with E-state index in [0.717, 1.165) is 0 Å². The highest BCUT2D eigenvalue weighted by Gasteiger charge is 2.34. The van der Waals surface area contributed by atoms with Gasteiger partial charge in [-0.2, -0.15) is 0 Å². The lowest BCUT2D eigenvalue weighted by molar-refractivity contribution is 0.330. The number of rotatable bonds is 4. The lowest BCUT2D eigenvalue weighted by Gasteiger charge is -2.30. The second-order valence-electron chi connectivity index (χ2n) is 3.96. The molecule has 0 saturated heterocycles. The molecule has 6 heteroatoms. The van der Waals surface area contributed by atoms with Gasteiger partial charge in [-0.1, -0.05) is 0 Å². The van der Waals surface area contributed by atoms with Crippen LogP contribution >= 0.6 is 0 Å². The normalized spacial score (nSPS) is 14.0. The molecule has 1 N–H and O–H groups in total. The van der Waals surface area contributed by atoms with E-state index in [4.69, 9.17) is 8.23 Å². The lowest BCUT2D eigenvalue weighted by Crippen LogP contribution is -2.48. The average Bonchev–Trinajstić information content (AvgIpc) is 1.48. The van der Waals surface area contributed by atoms with E-state index >= 15 is 0 Å². The van der Waals surface area contributed by atoms with Crippen molar-refractivity contribution in [3.63, 3.8) is 0 Å². The van der Waals surface area contributed by atoms with Crippen molar-refractivity contribution in [2.75, 3.05) is 0 Å². The minimum absolute atomic E-state index is 0.715. The van der Waals surface area contributed by atoms with Crippen LogP contribution in [0.1, 0.15) is 0 Å². The Labute approximate surface area is 78.9 Å². The van der Waals surface area contributed by atoms with Crippen LogP contribution in [0, 0.1) is 0 Å². The molecule has 0 spiro atoms. The molecular formula is C6H19O3Si3. The fraction of sp³-hybridized carbons (Fsp3) is 1.00. The zero-order chi connectivity index (χ0) is 9.99. The van der Waals surface area contributed by atoms with Crippen LogP contribution in [0.2, 0.25) is 39.3 Å². The van der Waals surface area contributed by atoms with Gasteiger partial charge in [-0.25, -0.2) is 0 Å². The Bertz CT molecular complexity index is 141. The molecule has 73 valence electrons. The molecule has 3 nitrogen and oxygen atoms in total. The standard InChI is InChI=1S/C6H19O3Si3/c1-10(2)8-12(5,6)9-11(3,4)7/h7H,1-6H3. The zero-order valence-corrected chi connectivity index (χ0v) is 11.8. The highest BCUT2D eigenvalue weighted by atomic mass is 28.5. The molecule has 0 saturated carbocycles. The van der Waals surface area contributed by atoms with Crippen molar-refractivity contribution in [3.8, 4) is 0 Å². The minimum Gasteiger partial charge on any atom is -0.437 e. The van der Waals surface area contributed by atoms with Crippen molar-refractivity contribution >= 4 is 26.2 Å². The third-order valence-corrected chi connectivity index (χ3v) is 8.51. The van der Waals surface area contributed by atoms with Crippen LogP contribution in [0.15, 0.2) is 0 Å². The Balaban J connectivity index is 4.04. The van der Waals surface area contributed by atoms with E-state index < -0.39 is 26.2 Å². The second-order valence-corrected chi connectivity index (χ2v) is 13.1. The molecule has 1 radical (unpaired) electrons. The van der Waals surface area contributed by atoms with Crippen molar-refractivity contribution in [2.24, 2.45) is 0 Å². The van der Waals surface area contributed by atoms with Gasteiger partial charge in [-0.3, -0.25) is 0 Å². The van der Waals surface area contributed by atoms with Crippen LogP contribution in [-0.2, 0) is 8.23 Å². The first kappa shape index (κ1) is 12.5. The van der Waals surface area contributed by atoms with Crippen molar-refractivity contribution in [1.82, 2.24) is 0 Å². The predicted molar refractivity (Wildman–Crippen MR) is 56.8 cm³/mol. The van der Waals surface area contributed by atoms with Gasteiger partial charge in [0.05, 0.1) is 0 Å². The largest absolute Gasteiger partial charge is 0.437 e. The van der Waals surface area contributed by atoms with E-state index in [0.29, 0.717) is 0 Å². The fourth-order valence-electron chi connectivity index (χ4n) is 1.11. The molecule has 12 heavy (non-hydrogen) atoms. The summed E-state index contributed by atoms with van der Waals surface area (Å²) in [6.45, 7) is 11.7. The topological polar surface area (TPSA) is 38.7 Å². The van der Waals surface area contributed by atoms with Crippen LogP contribution in [0.25, 0.3) is 0 Å². The van der Waals surface area contributed by atoms with Gasteiger partial charge < -0.3 is 13.0 Å². The van der Waals surface area contributed by atoms with Crippen molar-refractivity contribution in [1.29, 1.82) is 0 Å². The second kappa shape index (κ2) is 4.16. The molecule has 0 aliphatic carbocycles. The molecule has 0 atom stereocenters. The molecule has 0 aliphatic heterocycles. The lowest BCUT2D eigenvalue weighted by atomic mass is 11.9. The number of hydrogen-bond donors (Lipinski definition) is 1. The summed E-state index contributed by atoms with van der Waals surface area (Å²) >= 11 is 0. The summed E-state index contributed by atoms with van der Waals surface area (Å²) in [6, 6.07) is 0. The molecule has 0 rings (SSSR count). The first-order valence-electron chi connectivity index (χ1n) is 4.04. The quantitative estimate of drug-likeness (QED) is 0.737. The van der Waals surface area contributed by atoms with E-state index in [1.54, 1.807) is 13.1 Å². The maximum Gasteiger partial charge on any atom is 0.320 e. The van der Waals surface area contributed by atoms with Gasteiger partial charge in [0.1, 0.15) is 0 Å². The Morgan fingerprint density at radius 3 is 1.75 bits per heavy atom. The SMILES string of the molecule is C[Si](C)O[Si](C)(C)O[Si](C)(C)O. The summed E-state index contributed by atoms with van der Waals surface area (Å²) in [5, 5.41) is 0. The minimum atomic E-state index is -2.41. The van der Waals surface area contributed by atoms with Crippen LogP contribution in [0.3, 0.4) is 0 Å². The van der Waals surface area contributed by atoms with Crippen molar-refractivity contribution in [2.45, 2.75) is 39.3 Å². The Hall–Kier alpha value is 0.531. The predicted octanol–water partition coefficient (Wildman–Crippen LogP) is 1.67. The van der Waals surface area contributed by atoms with Crippen molar-refractivity contribution < 1.29 is 13.0 Å². The summed E-state index contributed by atoms with van der Waals surface area (Å²) in [4.78, 5) is 9.55. The van der Waals surface area contributed by atoms with E-state index in [-0.39, 0.29) is 0 Å². The van der Waals surface area contributed by atoms with Gasteiger partial charge in [0.2, 0.25) is 0 Å². The maximum atomic E-state index is 9.55. The molecule has 0 amide bonds. The van der Waals surface area contributed by atoms with Gasteiger partial charge in [-0.15, -0.1) is 0 Å². The Kier molecular flexibility index (Phi) is 4.34. The third-order valence-electron chi connectivity index (χ3n) is 0.945. The molecule has 0 unspecified atom stereocenters. The van der Waals surface area contributed by atoms with Crippen LogP contribution in [0.4, 0.5) is 0 Å². The summed E-state index contributed by atoms with van der Waals surface area (Å²) in [7, 11) is -5.17. The molecule has 0 fully saturated rings. The fourth-order valence-corrected chi connectivity index (χ4v) is 10.4. The zero-order valence-electron chi connectivity index (χ0n) is 8.76. The summed E-state index contributed by atoms with van der Waals surface area (Å²) < 4.78 is 11.3. The van der Waals surface area contributed by atoms with Crippen LogP contribution in [-0.4, -0.2) is 31.0 Å². The molecule has 0 aliphatic rings. The third kappa shape index (κ3) is 7.19. The maximum absolute atomic E-state index is 9.55. The first-order chi connectivity index (χ1) is 5.12. The molecular weight excluding hydrogens is 204 g/mol. The van der Waals surface area contributed by atoms with Crippen LogP contribution < -0.4 is 0 Å². The van der Waals surface area contributed by atoms with E-state index in [2.05, 4.69) is 13.1 Å². The van der Waals surface area contributed by atoms with Gasteiger partial charge in [0, 0.05) is 0 Å². The molecule has 0 heterocycles. The summed E-state index contributed by atoms with van der Waals surface area (Å²) in [5.74, 6) is 0. The highest BCUT2D eigenvalue weighted by Crippen LogP contribution is 2.14. The summed E-state index contributed by atoms with van der Waals surface area (Å²) in [6.07, 6.45) is 0. The van der Waals surface area contributed by atoms with Gasteiger partial charge in [0.25, 0.3) is 0 Å². The molecule has 0 aromatic heterocycles. The molecule has 0 aromatic carbocycles. The smallest absolute Gasteiger partial charge is 0.320 e. The molecule has 0 bridgehead atoms. The Morgan fingerprint density at radius 2 is 1.50 bits per heavy atom. The van der Waals surface area contributed by atoms with E-state index in [9.17, 15) is 4.80 Å². The van der Waals surface area contributed by atoms with Gasteiger partial charge >= 0.3 is 17.1 Å². The van der Waals surface area contributed by atoms with Crippen LogP contribution in [0.5, 0.6) is 0 Å². The van der Waals surface area contributed by atoms with Gasteiger partial charge in [-0.05, 0) is 39.3 Å². The van der Waals surface area contributed by atoms with E-state index in [1.165, 1.54) is 0 Å². The van der Waals surface area contributed by atoms with Crippen molar-refractivity contribution in [3.05, 3.63) is 0 Å². The van der Waals surface area contributed by atoms with Gasteiger partial charge in [0.15, 0.2) is 9.04 Å².